The van der Waals surface area contributed by atoms with Crippen LogP contribution in [-0.4, -0.2) is 69.4 Å². The van der Waals surface area contributed by atoms with Gasteiger partial charge in [-0.1, -0.05) is 50.2 Å². The molecule has 0 radical (unpaired) electrons. The number of carbonyl (C=O) groups is 1. The Balaban J connectivity index is 1.69. The molecule has 2 aromatic carbocycles. The van der Waals surface area contributed by atoms with Crippen molar-refractivity contribution in [1.82, 2.24) is 14.9 Å². The van der Waals surface area contributed by atoms with Gasteiger partial charge in [0.15, 0.2) is 5.82 Å². The molecule has 33 heavy (non-hydrogen) atoms. The number of nitrogens with zero attached hydrogens (tertiary/aromatic N) is 4. The van der Waals surface area contributed by atoms with Gasteiger partial charge in [-0.25, -0.2) is 9.97 Å². The van der Waals surface area contributed by atoms with E-state index in [4.69, 9.17) is 9.97 Å². The van der Waals surface area contributed by atoms with E-state index in [2.05, 4.69) is 4.90 Å². The number of aliphatic hydroxyl groups excluding tert-OH is 2. The van der Waals surface area contributed by atoms with E-state index >= 15 is 0 Å². The zero-order valence-corrected chi connectivity index (χ0v) is 19.5. The maximum absolute atomic E-state index is 12.8. The molecule has 0 saturated carbocycles. The van der Waals surface area contributed by atoms with Gasteiger partial charge in [0.25, 0.3) is 5.91 Å². The van der Waals surface area contributed by atoms with Gasteiger partial charge in [-0.05, 0) is 37.0 Å². The first-order valence-corrected chi connectivity index (χ1v) is 11.6. The van der Waals surface area contributed by atoms with Gasteiger partial charge < -0.3 is 20.0 Å². The minimum atomic E-state index is -1.01. The number of aromatic nitrogens is 2. The number of carbonyl (C=O) groups excluding carboxylic acids is 1. The summed E-state index contributed by atoms with van der Waals surface area (Å²) in [5, 5.41) is 21.5. The highest BCUT2D eigenvalue weighted by Gasteiger charge is 2.33. The number of rotatable bonds is 6. The van der Waals surface area contributed by atoms with Gasteiger partial charge in [0.1, 0.15) is 11.9 Å². The second-order valence-corrected chi connectivity index (χ2v) is 9.22. The standard InChI is InChI=1S/C26H32N4O3/c1-17(2)13-23(32)26(33)29-11-12-30(20(15-29)16-31)25-21-10-9-18(3)14-22(21)27-24(28-25)19-7-5-4-6-8-19/h4-10,14,17,20,23,31-32H,11-13,15-16H2,1-3H3/t20?,23-/m1/s1. The molecule has 0 spiro atoms. The van der Waals surface area contributed by atoms with Crippen LogP contribution in [-0.2, 0) is 4.79 Å². The Morgan fingerprint density at radius 1 is 1.12 bits per heavy atom. The molecule has 1 fully saturated rings. The summed E-state index contributed by atoms with van der Waals surface area (Å²) in [5.74, 6) is 1.35. The van der Waals surface area contributed by atoms with E-state index in [-0.39, 0.29) is 24.5 Å². The molecule has 1 aromatic heterocycles. The third-order valence-electron chi connectivity index (χ3n) is 6.12. The van der Waals surface area contributed by atoms with Gasteiger partial charge in [-0.15, -0.1) is 0 Å². The van der Waals surface area contributed by atoms with E-state index in [1.54, 1.807) is 4.90 Å². The van der Waals surface area contributed by atoms with Crippen molar-refractivity contribution in [3.63, 3.8) is 0 Å². The molecule has 4 rings (SSSR count). The number of fused-ring (bicyclic) bond motifs is 1. The molecule has 1 amide bonds. The summed E-state index contributed by atoms with van der Waals surface area (Å²) in [6, 6.07) is 15.6. The van der Waals surface area contributed by atoms with E-state index < -0.39 is 6.10 Å². The lowest BCUT2D eigenvalue weighted by Gasteiger charge is -2.42. The molecule has 0 bridgehead atoms. The predicted molar refractivity (Wildman–Crippen MR) is 130 cm³/mol. The summed E-state index contributed by atoms with van der Waals surface area (Å²) < 4.78 is 0. The van der Waals surface area contributed by atoms with Gasteiger partial charge in [0.2, 0.25) is 0 Å². The lowest BCUT2D eigenvalue weighted by molar-refractivity contribution is -0.142. The number of benzene rings is 2. The topological polar surface area (TPSA) is 89.8 Å². The number of hydrogen-bond acceptors (Lipinski definition) is 6. The Labute approximate surface area is 194 Å². The normalized spacial score (nSPS) is 17.6. The molecular formula is C26H32N4O3. The number of aliphatic hydroxyl groups is 2. The minimum absolute atomic E-state index is 0.123. The molecule has 1 saturated heterocycles. The zero-order chi connectivity index (χ0) is 23.5. The van der Waals surface area contributed by atoms with Crippen molar-refractivity contribution in [3.05, 3.63) is 54.1 Å². The molecule has 2 N–H and O–H groups in total. The Hall–Kier alpha value is -3.03. The highest BCUT2D eigenvalue weighted by atomic mass is 16.3. The number of amides is 1. The molecule has 174 valence electrons. The molecule has 0 aliphatic carbocycles. The Kier molecular flexibility index (Phi) is 6.91. The largest absolute Gasteiger partial charge is 0.394 e. The van der Waals surface area contributed by atoms with Gasteiger partial charge in [0.05, 0.1) is 18.2 Å². The van der Waals surface area contributed by atoms with Gasteiger partial charge >= 0.3 is 0 Å². The van der Waals surface area contributed by atoms with Crippen molar-refractivity contribution in [2.24, 2.45) is 5.92 Å². The van der Waals surface area contributed by atoms with Crippen LogP contribution in [0.15, 0.2) is 48.5 Å². The molecule has 7 heteroatoms. The van der Waals surface area contributed by atoms with Crippen LogP contribution in [0.2, 0.25) is 0 Å². The van der Waals surface area contributed by atoms with E-state index in [1.165, 1.54) is 0 Å². The van der Waals surface area contributed by atoms with Crippen LogP contribution >= 0.6 is 0 Å². The average molecular weight is 449 g/mol. The van der Waals surface area contributed by atoms with E-state index in [0.717, 1.165) is 27.8 Å². The molecule has 1 aliphatic rings. The predicted octanol–water partition coefficient (Wildman–Crippen LogP) is 3.02. The van der Waals surface area contributed by atoms with Crippen LogP contribution in [0.1, 0.15) is 25.8 Å². The fraction of sp³-hybridized carbons (Fsp3) is 0.423. The number of anilines is 1. The van der Waals surface area contributed by atoms with Crippen LogP contribution < -0.4 is 4.90 Å². The Morgan fingerprint density at radius 3 is 2.58 bits per heavy atom. The van der Waals surface area contributed by atoms with E-state index in [9.17, 15) is 15.0 Å². The first-order chi connectivity index (χ1) is 15.9. The molecule has 2 atom stereocenters. The van der Waals surface area contributed by atoms with Gasteiger partial charge in [-0.2, -0.15) is 0 Å². The van der Waals surface area contributed by atoms with Crippen LogP contribution in [0.4, 0.5) is 5.82 Å². The first-order valence-electron chi connectivity index (χ1n) is 11.6. The highest BCUT2D eigenvalue weighted by molar-refractivity contribution is 5.92. The first kappa shape index (κ1) is 23.1. The fourth-order valence-electron chi connectivity index (χ4n) is 4.41. The molecule has 2 heterocycles. The maximum atomic E-state index is 12.8. The summed E-state index contributed by atoms with van der Waals surface area (Å²) in [7, 11) is 0. The molecule has 1 aliphatic heterocycles. The molecule has 7 nitrogen and oxygen atoms in total. The van der Waals surface area contributed by atoms with E-state index in [1.807, 2.05) is 69.3 Å². The number of piperazine rings is 1. The van der Waals surface area contributed by atoms with Crippen LogP contribution in [0.3, 0.4) is 0 Å². The summed E-state index contributed by atoms with van der Waals surface area (Å²) >= 11 is 0. The highest BCUT2D eigenvalue weighted by Crippen LogP contribution is 2.31. The second kappa shape index (κ2) is 9.85. The van der Waals surface area contributed by atoms with Crippen molar-refractivity contribution < 1.29 is 15.0 Å². The average Bonchev–Trinajstić information content (AvgIpc) is 2.82. The van der Waals surface area contributed by atoms with Gasteiger partial charge in [0, 0.05) is 30.6 Å². The summed E-state index contributed by atoms with van der Waals surface area (Å²) in [6.45, 7) is 7.19. The second-order valence-electron chi connectivity index (χ2n) is 9.22. The van der Waals surface area contributed by atoms with Gasteiger partial charge in [-0.3, -0.25) is 4.79 Å². The summed E-state index contributed by atoms with van der Waals surface area (Å²) in [6.07, 6.45) is -0.581. The molecule has 1 unspecified atom stereocenters. The quantitative estimate of drug-likeness (QED) is 0.603. The zero-order valence-electron chi connectivity index (χ0n) is 19.5. The van der Waals surface area contributed by atoms with Crippen LogP contribution in [0, 0.1) is 12.8 Å². The van der Waals surface area contributed by atoms with E-state index in [0.29, 0.717) is 31.9 Å². The number of hydrogen-bond donors (Lipinski definition) is 2. The fourth-order valence-corrected chi connectivity index (χ4v) is 4.41. The lowest BCUT2D eigenvalue weighted by atomic mass is 10.0. The monoisotopic (exact) mass is 448 g/mol. The third-order valence-corrected chi connectivity index (χ3v) is 6.12. The molecular weight excluding hydrogens is 416 g/mol. The van der Waals surface area contributed by atoms with Crippen molar-refractivity contribution in [2.45, 2.75) is 39.3 Å². The lowest BCUT2D eigenvalue weighted by Crippen LogP contribution is -2.58. The van der Waals surface area contributed by atoms with Crippen molar-refractivity contribution in [1.29, 1.82) is 0 Å². The van der Waals surface area contributed by atoms with Crippen LogP contribution in [0.5, 0.6) is 0 Å². The maximum Gasteiger partial charge on any atom is 0.251 e. The number of aryl methyl sites for hydroxylation is 1. The SMILES string of the molecule is Cc1ccc2c(N3CCN(C(=O)[C@H](O)CC(C)C)CC3CO)nc(-c3ccccc3)nc2c1. The molecule has 3 aromatic rings. The summed E-state index contributed by atoms with van der Waals surface area (Å²) in [5.41, 5.74) is 2.88. The minimum Gasteiger partial charge on any atom is -0.394 e. The summed E-state index contributed by atoms with van der Waals surface area (Å²) in [4.78, 5) is 26.2. The van der Waals surface area contributed by atoms with Crippen molar-refractivity contribution >= 4 is 22.6 Å². The Morgan fingerprint density at radius 2 is 1.88 bits per heavy atom. The Bertz CT molecular complexity index is 1120. The third kappa shape index (κ3) is 4.99. The van der Waals surface area contributed by atoms with Crippen molar-refractivity contribution in [3.8, 4) is 11.4 Å². The van der Waals surface area contributed by atoms with Crippen LogP contribution in [0.25, 0.3) is 22.3 Å². The smallest absolute Gasteiger partial charge is 0.251 e. The van der Waals surface area contributed by atoms with Crippen molar-refractivity contribution in [2.75, 3.05) is 31.1 Å².